The monoisotopic (exact) mass is 223 g/mol. The molecule has 0 radical (unpaired) electrons. The standard InChI is InChI=1S/C9H10ClN5/c1-15-9-6(12-8(11)5-10)3-2-4-7(9)13-14-15/h2-4H,5H2,1H3,(H2,11,12). The molecule has 78 valence electrons. The van der Waals surface area contributed by atoms with Crippen LogP contribution in [0.2, 0.25) is 0 Å². The van der Waals surface area contributed by atoms with Crippen LogP contribution < -0.4 is 5.73 Å². The Morgan fingerprint density at radius 1 is 1.60 bits per heavy atom. The fourth-order valence-electron chi connectivity index (χ4n) is 1.37. The number of benzene rings is 1. The lowest BCUT2D eigenvalue weighted by molar-refractivity contribution is 0.736. The molecular weight excluding hydrogens is 214 g/mol. The van der Waals surface area contributed by atoms with Crippen LogP contribution in [0.15, 0.2) is 23.2 Å². The molecule has 0 atom stereocenters. The fraction of sp³-hybridized carbons (Fsp3) is 0.222. The van der Waals surface area contributed by atoms with Crippen LogP contribution in [0.3, 0.4) is 0 Å². The molecule has 0 saturated heterocycles. The van der Waals surface area contributed by atoms with Gasteiger partial charge in [0.2, 0.25) is 0 Å². The highest BCUT2D eigenvalue weighted by Gasteiger charge is 2.06. The average molecular weight is 224 g/mol. The largest absolute Gasteiger partial charge is 0.386 e. The zero-order chi connectivity index (χ0) is 10.8. The van der Waals surface area contributed by atoms with Crippen molar-refractivity contribution in [1.82, 2.24) is 15.0 Å². The molecule has 0 aliphatic carbocycles. The second kappa shape index (κ2) is 3.86. The molecule has 0 fully saturated rings. The van der Waals surface area contributed by atoms with Gasteiger partial charge in [-0.15, -0.1) is 16.7 Å². The van der Waals surface area contributed by atoms with Crippen LogP contribution >= 0.6 is 11.6 Å². The van der Waals surface area contributed by atoms with E-state index in [1.165, 1.54) is 0 Å². The highest BCUT2D eigenvalue weighted by Crippen LogP contribution is 2.23. The molecule has 1 aromatic heterocycles. The Morgan fingerprint density at radius 3 is 3.13 bits per heavy atom. The zero-order valence-corrected chi connectivity index (χ0v) is 8.94. The van der Waals surface area contributed by atoms with E-state index in [2.05, 4.69) is 15.3 Å². The Balaban J connectivity index is 2.65. The maximum atomic E-state index is 5.58. The summed E-state index contributed by atoms with van der Waals surface area (Å²) in [4.78, 5) is 4.20. The van der Waals surface area contributed by atoms with Crippen molar-refractivity contribution in [1.29, 1.82) is 0 Å². The van der Waals surface area contributed by atoms with Crippen molar-refractivity contribution in [2.45, 2.75) is 0 Å². The molecule has 0 aliphatic heterocycles. The number of hydrogen-bond donors (Lipinski definition) is 1. The van der Waals surface area contributed by atoms with Crippen molar-refractivity contribution in [3.05, 3.63) is 18.2 Å². The molecule has 0 aliphatic rings. The first-order chi connectivity index (χ1) is 7.22. The second-order valence-corrected chi connectivity index (χ2v) is 3.36. The van der Waals surface area contributed by atoms with Gasteiger partial charge >= 0.3 is 0 Å². The van der Waals surface area contributed by atoms with E-state index < -0.39 is 0 Å². The Morgan fingerprint density at radius 2 is 2.40 bits per heavy atom. The van der Waals surface area contributed by atoms with Gasteiger partial charge < -0.3 is 5.73 Å². The Kier molecular flexibility index (Phi) is 2.55. The predicted molar refractivity (Wildman–Crippen MR) is 60.5 cm³/mol. The van der Waals surface area contributed by atoms with E-state index in [0.29, 0.717) is 5.84 Å². The van der Waals surface area contributed by atoms with Crippen LogP contribution in [0.25, 0.3) is 11.0 Å². The summed E-state index contributed by atoms with van der Waals surface area (Å²) in [5.41, 5.74) is 7.96. The van der Waals surface area contributed by atoms with Gasteiger partial charge in [-0.05, 0) is 12.1 Å². The first-order valence-electron chi connectivity index (χ1n) is 4.40. The third-order valence-corrected chi connectivity index (χ3v) is 2.28. The van der Waals surface area contributed by atoms with Gasteiger partial charge in [0.15, 0.2) is 0 Å². The Bertz CT molecular complexity index is 516. The number of amidine groups is 1. The van der Waals surface area contributed by atoms with Crippen molar-refractivity contribution < 1.29 is 0 Å². The molecule has 0 spiro atoms. The summed E-state index contributed by atoms with van der Waals surface area (Å²) in [5, 5.41) is 7.90. The smallest absolute Gasteiger partial charge is 0.115 e. The molecule has 5 nitrogen and oxygen atoms in total. The van der Waals surface area contributed by atoms with E-state index in [1.807, 2.05) is 25.2 Å². The maximum absolute atomic E-state index is 5.58. The molecule has 1 aromatic carbocycles. The highest BCUT2D eigenvalue weighted by atomic mass is 35.5. The van der Waals surface area contributed by atoms with E-state index in [1.54, 1.807) is 4.68 Å². The molecule has 6 heteroatoms. The van der Waals surface area contributed by atoms with Crippen molar-refractivity contribution in [3.8, 4) is 0 Å². The van der Waals surface area contributed by atoms with Crippen LogP contribution in [0.1, 0.15) is 0 Å². The number of hydrogen-bond acceptors (Lipinski definition) is 3. The summed E-state index contributed by atoms with van der Waals surface area (Å²) >= 11 is 5.57. The molecule has 15 heavy (non-hydrogen) atoms. The van der Waals surface area contributed by atoms with Crippen LogP contribution in [0.5, 0.6) is 0 Å². The van der Waals surface area contributed by atoms with Crippen LogP contribution in [0.4, 0.5) is 5.69 Å². The molecule has 0 amide bonds. The molecule has 2 aromatic rings. The number of halogens is 1. The van der Waals surface area contributed by atoms with Gasteiger partial charge in [-0.3, -0.25) is 0 Å². The van der Waals surface area contributed by atoms with E-state index in [9.17, 15) is 0 Å². The molecule has 2 N–H and O–H groups in total. The lowest BCUT2D eigenvalue weighted by Gasteiger charge is -1.99. The SMILES string of the molecule is Cn1nnc2cccc(N=C(N)CCl)c21. The minimum Gasteiger partial charge on any atom is -0.386 e. The fourth-order valence-corrected chi connectivity index (χ4v) is 1.43. The highest BCUT2D eigenvalue weighted by molar-refractivity contribution is 6.28. The van der Waals surface area contributed by atoms with E-state index in [4.69, 9.17) is 17.3 Å². The topological polar surface area (TPSA) is 69.1 Å². The van der Waals surface area contributed by atoms with E-state index >= 15 is 0 Å². The normalized spacial score (nSPS) is 12.3. The second-order valence-electron chi connectivity index (χ2n) is 3.09. The number of fused-ring (bicyclic) bond motifs is 1. The lowest BCUT2D eigenvalue weighted by atomic mass is 10.2. The van der Waals surface area contributed by atoms with Crippen molar-refractivity contribution in [2.24, 2.45) is 17.8 Å². The number of para-hydroxylation sites is 1. The summed E-state index contributed by atoms with van der Waals surface area (Å²) in [6, 6.07) is 5.58. The van der Waals surface area contributed by atoms with E-state index in [0.717, 1.165) is 16.7 Å². The Labute approximate surface area is 91.5 Å². The maximum Gasteiger partial charge on any atom is 0.115 e. The number of nitrogens with two attached hydrogens (primary N) is 1. The summed E-state index contributed by atoms with van der Waals surface area (Å²) in [6.45, 7) is 0. The average Bonchev–Trinajstić information content (AvgIpc) is 2.61. The van der Waals surface area contributed by atoms with Crippen molar-refractivity contribution in [3.63, 3.8) is 0 Å². The molecule has 1 heterocycles. The van der Waals surface area contributed by atoms with E-state index in [-0.39, 0.29) is 5.88 Å². The van der Waals surface area contributed by atoms with Gasteiger partial charge in [0, 0.05) is 7.05 Å². The number of nitrogens with zero attached hydrogens (tertiary/aromatic N) is 4. The third-order valence-electron chi connectivity index (χ3n) is 2.00. The zero-order valence-electron chi connectivity index (χ0n) is 8.18. The number of aryl methyl sites for hydroxylation is 1. The number of alkyl halides is 1. The van der Waals surface area contributed by atoms with Gasteiger partial charge in [-0.2, -0.15) is 0 Å². The number of rotatable bonds is 2. The van der Waals surface area contributed by atoms with Gasteiger partial charge in [0.1, 0.15) is 16.9 Å². The summed E-state index contributed by atoms with van der Waals surface area (Å²) in [6.07, 6.45) is 0. The quantitative estimate of drug-likeness (QED) is 0.473. The van der Waals surface area contributed by atoms with Crippen molar-refractivity contribution >= 4 is 34.2 Å². The summed E-state index contributed by atoms with van der Waals surface area (Å²) in [5.74, 6) is 0.590. The molecule has 0 saturated carbocycles. The van der Waals surface area contributed by atoms with Crippen LogP contribution in [0, 0.1) is 0 Å². The van der Waals surface area contributed by atoms with Crippen LogP contribution in [-0.2, 0) is 7.05 Å². The van der Waals surface area contributed by atoms with Gasteiger partial charge in [-0.1, -0.05) is 11.3 Å². The third kappa shape index (κ3) is 1.78. The van der Waals surface area contributed by atoms with Crippen molar-refractivity contribution in [2.75, 3.05) is 5.88 Å². The molecular formula is C9H10ClN5. The first kappa shape index (κ1) is 9.92. The van der Waals surface area contributed by atoms with Gasteiger partial charge in [0.25, 0.3) is 0 Å². The number of aliphatic imine (C=N–C) groups is 1. The predicted octanol–water partition coefficient (Wildman–Crippen LogP) is 1.20. The minimum absolute atomic E-state index is 0.210. The molecule has 2 rings (SSSR count). The minimum atomic E-state index is 0.210. The summed E-state index contributed by atoms with van der Waals surface area (Å²) < 4.78 is 1.66. The van der Waals surface area contributed by atoms with Gasteiger partial charge in [0.05, 0.1) is 11.6 Å². The number of aromatic nitrogens is 3. The molecule has 0 bridgehead atoms. The Hall–Kier alpha value is -1.62. The lowest BCUT2D eigenvalue weighted by Crippen LogP contribution is -2.12. The van der Waals surface area contributed by atoms with Gasteiger partial charge in [-0.25, -0.2) is 9.67 Å². The summed E-state index contributed by atoms with van der Waals surface area (Å²) in [7, 11) is 1.81. The first-order valence-corrected chi connectivity index (χ1v) is 4.93. The molecule has 0 unspecified atom stereocenters. The van der Waals surface area contributed by atoms with Crippen LogP contribution in [-0.4, -0.2) is 26.7 Å².